The minimum atomic E-state index is -2.88. The topological polar surface area (TPSA) is 230 Å². The molecule has 5 atom stereocenters. The molecule has 0 aromatic heterocycles. The van der Waals surface area contributed by atoms with E-state index in [0.717, 1.165) is 0 Å². The van der Waals surface area contributed by atoms with Crippen molar-refractivity contribution in [3.05, 3.63) is 34.1 Å². The van der Waals surface area contributed by atoms with E-state index in [-0.39, 0.29) is 22.5 Å². The number of Topliss-reactive ketones (excluding diaryl/α,β-unsaturated/α-hetero) is 2. The summed E-state index contributed by atoms with van der Waals surface area (Å²) in [5.41, 5.74) is 12.5. The van der Waals surface area contributed by atoms with E-state index in [2.05, 4.69) is 0 Å². The number of aliphatic hydroxyl groups is 4. The summed E-state index contributed by atoms with van der Waals surface area (Å²) >= 11 is 0. The molecule has 3 aliphatic carbocycles. The van der Waals surface area contributed by atoms with Gasteiger partial charge in [-0.05, 0) is 17.5 Å². The summed E-state index contributed by atoms with van der Waals surface area (Å²) in [6, 6.07) is 1.27. The molecule has 0 unspecified atom stereocenters. The van der Waals surface area contributed by atoms with Gasteiger partial charge in [-0.25, -0.2) is 0 Å². The van der Waals surface area contributed by atoms with Crippen LogP contribution in [-0.2, 0) is 14.4 Å². The lowest BCUT2D eigenvalue weighted by molar-refractivity contribution is -0.160. The molecule has 1 fully saturated rings. The fourth-order valence-electron chi connectivity index (χ4n) is 5.21. The van der Waals surface area contributed by atoms with E-state index >= 15 is 0 Å². The highest BCUT2D eigenvalue weighted by Crippen LogP contribution is 2.57. The molecule has 0 bridgehead atoms. The van der Waals surface area contributed by atoms with E-state index in [1.54, 1.807) is 6.92 Å². The molecule has 11 nitrogen and oxygen atoms in total. The number of benzene rings is 1. The van der Waals surface area contributed by atoms with Gasteiger partial charge in [0.2, 0.25) is 5.78 Å². The van der Waals surface area contributed by atoms with Gasteiger partial charge in [0, 0.05) is 29.5 Å². The van der Waals surface area contributed by atoms with Crippen LogP contribution in [0.1, 0.15) is 30.4 Å². The van der Waals surface area contributed by atoms with Crippen molar-refractivity contribution >= 4 is 34.6 Å². The summed E-state index contributed by atoms with van der Waals surface area (Å²) in [7, 11) is 0. The molecular weight excluding hydrogens is 410 g/mol. The van der Waals surface area contributed by atoms with Crippen LogP contribution in [0.15, 0.2) is 23.0 Å². The zero-order chi connectivity index (χ0) is 23.2. The van der Waals surface area contributed by atoms with Crippen LogP contribution in [0.25, 0.3) is 5.76 Å². The average molecular weight is 431 g/mol. The second-order valence-corrected chi connectivity index (χ2v) is 8.18. The van der Waals surface area contributed by atoms with Gasteiger partial charge in [-0.15, -0.1) is 0 Å². The van der Waals surface area contributed by atoms with E-state index in [4.69, 9.17) is 17.2 Å². The number of fused-ring (bicyclic) bond motifs is 3. The van der Waals surface area contributed by atoms with Gasteiger partial charge in [-0.2, -0.15) is 0 Å². The summed E-state index contributed by atoms with van der Waals surface area (Å²) in [5, 5.41) is 54.1. The number of nitrogen functional groups attached to an aromatic ring is 2. The number of hydrogen-bond donors (Lipinski definition) is 8. The molecule has 0 aliphatic heterocycles. The average Bonchev–Trinajstić information content (AvgIpc) is 2.67. The molecule has 0 heterocycles. The van der Waals surface area contributed by atoms with Crippen LogP contribution in [0.4, 0.5) is 11.4 Å². The Bertz CT molecular complexity index is 1150. The molecule has 1 amide bonds. The Hall–Kier alpha value is -3.57. The first-order valence-corrected chi connectivity index (χ1v) is 9.41. The summed E-state index contributed by atoms with van der Waals surface area (Å²) in [6.45, 7) is 1.58. The lowest BCUT2D eigenvalue weighted by Crippen LogP contribution is -2.63. The largest absolute Gasteiger partial charge is 0.508 e. The van der Waals surface area contributed by atoms with E-state index in [1.807, 2.05) is 0 Å². The standard InChI is InChI=1S/C20H21N3O8/c1-4-9-6(21)3-7(22)15(26)12(9)16(27)13-10(4)14(25)5-2-8(24)11(19(23)30)17(28)20(5,31)18(13)29/h3-5,10,14,25-28,31H,2,21-22H2,1H3,(H2,23,30)/t4-,5-,10-,14+,20-/m1/s1. The molecule has 164 valence electrons. The van der Waals surface area contributed by atoms with Crippen molar-refractivity contribution in [2.45, 2.75) is 31.0 Å². The monoisotopic (exact) mass is 431 g/mol. The fraction of sp³-hybridized carbons (Fsp3) is 0.350. The summed E-state index contributed by atoms with van der Waals surface area (Å²) in [5.74, 6) is -9.52. The first kappa shape index (κ1) is 20.7. The summed E-state index contributed by atoms with van der Waals surface area (Å²) in [6.07, 6.45) is -2.25. The predicted molar refractivity (Wildman–Crippen MR) is 106 cm³/mol. The van der Waals surface area contributed by atoms with Crippen LogP contribution < -0.4 is 17.2 Å². The molecule has 11 N–H and O–H groups in total. The van der Waals surface area contributed by atoms with Crippen LogP contribution >= 0.6 is 0 Å². The number of aliphatic hydroxyl groups excluding tert-OH is 3. The normalized spacial score (nSPS) is 32.5. The first-order chi connectivity index (χ1) is 14.3. The highest BCUT2D eigenvalue weighted by atomic mass is 16.4. The molecule has 3 aliphatic rings. The van der Waals surface area contributed by atoms with Gasteiger partial charge >= 0.3 is 0 Å². The van der Waals surface area contributed by atoms with Crippen molar-refractivity contribution in [3.8, 4) is 5.75 Å². The quantitative estimate of drug-likeness (QED) is 0.118. The van der Waals surface area contributed by atoms with Gasteiger partial charge in [0.05, 0.1) is 17.4 Å². The first-order valence-electron chi connectivity index (χ1n) is 9.41. The van der Waals surface area contributed by atoms with Crippen molar-refractivity contribution in [1.29, 1.82) is 0 Å². The molecule has 1 saturated carbocycles. The number of rotatable bonds is 1. The van der Waals surface area contributed by atoms with Crippen LogP contribution in [0.2, 0.25) is 0 Å². The third kappa shape index (κ3) is 2.32. The van der Waals surface area contributed by atoms with E-state index in [9.17, 15) is 39.9 Å². The minimum Gasteiger partial charge on any atom is -0.508 e. The Morgan fingerprint density at radius 3 is 2.35 bits per heavy atom. The Morgan fingerprint density at radius 1 is 1.16 bits per heavy atom. The lowest BCUT2D eigenvalue weighted by atomic mass is 9.55. The minimum absolute atomic E-state index is 0.0994. The maximum atomic E-state index is 13.4. The van der Waals surface area contributed by atoms with Crippen molar-refractivity contribution in [3.63, 3.8) is 0 Å². The maximum Gasteiger partial charge on any atom is 0.255 e. The molecular formula is C20H21N3O8. The third-order valence-corrected chi connectivity index (χ3v) is 6.66. The number of phenols is 1. The number of amides is 1. The van der Waals surface area contributed by atoms with E-state index < -0.39 is 81.8 Å². The van der Waals surface area contributed by atoms with Crippen LogP contribution in [0.5, 0.6) is 5.75 Å². The Balaban J connectivity index is 2.05. The number of nitrogens with two attached hydrogens (primary N) is 3. The number of carbonyl (C=O) groups excluding carboxylic acids is 3. The van der Waals surface area contributed by atoms with Crippen molar-refractivity contribution in [1.82, 2.24) is 0 Å². The number of anilines is 2. The SMILES string of the molecule is C[C@@H]1c2c(N)cc(N)c(O)c2C(O)=C2C(=O)[C@]3(O)C(O)=C(C(N)=O)C(=O)C[C@@H]3[C@H](O)[C@@H]21. The number of ketones is 2. The highest BCUT2D eigenvalue weighted by molar-refractivity contribution is 6.23. The van der Waals surface area contributed by atoms with Crippen molar-refractivity contribution in [2.24, 2.45) is 17.6 Å². The number of aromatic hydroxyl groups is 1. The predicted octanol–water partition coefficient (Wildman–Crippen LogP) is -0.880. The van der Waals surface area contributed by atoms with Crippen LogP contribution in [0, 0.1) is 11.8 Å². The van der Waals surface area contributed by atoms with E-state index in [1.165, 1.54) is 6.07 Å². The van der Waals surface area contributed by atoms with Gasteiger partial charge in [0.1, 0.15) is 22.8 Å². The Kier molecular flexibility index (Phi) is 4.15. The Morgan fingerprint density at radius 2 is 1.77 bits per heavy atom. The molecule has 4 rings (SSSR count). The molecule has 11 heteroatoms. The second kappa shape index (κ2) is 6.22. The van der Waals surface area contributed by atoms with Gasteiger partial charge in [0.25, 0.3) is 5.91 Å². The van der Waals surface area contributed by atoms with Crippen molar-refractivity contribution in [2.75, 3.05) is 11.5 Å². The fourth-order valence-corrected chi connectivity index (χ4v) is 5.21. The summed E-state index contributed by atoms with van der Waals surface area (Å²) in [4.78, 5) is 37.4. The number of primary amides is 1. The number of carbonyl (C=O) groups is 3. The summed E-state index contributed by atoms with van der Waals surface area (Å²) < 4.78 is 0. The molecule has 1 aromatic carbocycles. The smallest absolute Gasteiger partial charge is 0.255 e. The van der Waals surface area contributed by atoms with E-state index in [0.29, 0.717) is 0 Å². The molecule has 0 spiro atoms. The molecule has 1 aromatic rings. The third-order valence-electron chi connectivity index (χ3n) is 6.66. The molecule has 0 radical (unpaired) electrons. The highest BCUT2D eigenvalue weighted by Gasteiger charge is 2.65. The van der Waals surface area contributed by atoms with Gasteiger partial charge in [-0.1, -0.05) is 6.92 Å². The zero-order valence-electron chi connectivity index (χ0n) is 16.3. The van der Waals surface area contributed by atoms with Crippen LogP contribution in [-0.4, -0.2) is 54.7 Å². The lowest BCUT2D eigenvalue weighted by Gasteiger charge is -2.50. The number of phenolic OH excluding ortho intramolecular Hbond substituents is 1. The second-order valence-electron chi connectivity index (χ2n) is 8.18. The zero-order valence-corrected chi connectivity index (χ0v) is 16.3. The van der Waals surface area contributed by atoms with Gasteiger partial charge in [-0.3, -0.25) is 14.4 Å². The maximum absolute atomic E-state index is 13.4. The Labute approximate surface area is 175 Å². The van der Waals surface area contributed by atoms with Gasteiger partial charge in [0.15, 0.2) is 11.4 Å². The molecule has 0 saturated heterocycles. The molecule has 31 heavy (non-hydrogen) atoms. The van der Waals surface area contributed by atoms with Crippen LogP contribution in [0.3, 0.4) is 0 Å². The van der Waals surface area contributed by atoms with Crippen molar-refractivity contribution < 1.29 is 39.9 Å². The number of hydrogen-bond acceptors (Lipinski definition) is 10. The van der Waals surface area contributed by atoms with Gasteiger partial charge < -0.3 is 42.7 Å².